The van der Waals surface area contributed by atoms with Gasteiger partial charge in [-0.3, -0.25) is 0 Å². The molecule has 1 heterocycles. The fraction of sp³-hybridized carbons (Fsp3) is 0.833. The number of rotatable bonds is 5. The van der Waals surface area contributed by atoms with E-state index in [0.29, 0.717) is 30.5 Å². The Labute approximate surface area is 103 Å². The molecule has 5 heteroatoms. The highest BCUT2D eigenvalue weighted by atomic mass is 16.4. The Morgan fingerprint density at radius 1 is 1.35 bits per heavy atom. The van der Waals surface area contributed by atoms with Crippen LogP contribution in [0, 0.1) is 0 Å². The Morgan fingerprint density at radius 2 is 2.06 bits per heavy atom. The summed E-state index contributed by atoms with van der Waals surface area (Å²) in [5, 5.41) is 11.4. The molecule has 0 bridgehead atoms. The first-order chi connectivity index (χ1) is 8.16. The molecule has 0 aromatic carbocycles. The summed E-state index contributed by atoms with van der Waals surface area (Å²) in [6, 6.07) is 1.65. The fourth-order valence-corrected chi connectivity index (χ4v) is 2.20. The van der Waals surface area contributed by atoms with E-state index in [9.17, 15) is 0 Å². The predicted octanol–water partition coefficient (Wildman–Crippen LogP) is 1.95. The van der Waals surface area contributed by atoms with Crippen molar-refractivity contribution < 1.29 is 4.42 Å². The Morgan fingerprint density at radius 3 is 2.71 bits per heavy atom. The van der Waals surface area contributed by atoms with Gasteiger partial charge in [0.15, 0.2) is 0 Å². The first-order valence-electron chi connectivity index (χ1n) is 6.45. The highest BCUT2D eigenvalue weighted by Crippen LogP contribution is 2.25. The molecule has 0 radical (unpaired) electrons. The van der Waals surface area contributed by atoms with E-state index in [1.165, 1.54) is 25.7 Å². The van der Waals surface area contributed by atoms with Crippen LogP contribution < -0.4 is 10.2 Å². The molecule has 0 atom stereocenters. The molecule has 1 aromatic rings. The van der Waals surface area contributed by atoms with E-state index in [2.05, 4.69) is 34.3 Å². The van der Waals surface area contributed by atoms with Crippen molar-refractivity contribution in [1.82, 2.24) is 15.5 Å². The van der Waals surface area contributed by atoms with Crippen LogP contribution in [0.3, 0.4) is 0 Å². The minimum Gasteiger partial charge on any atom is -0.407 e. The highest BCUT2D eigenvalue weighted by molar-refractivity contribution is 5.25. The smallest absolute Gasteiger partial charge is 0.318 e. The van der Waals surface area contributed by atoms with Crippen molar-refractivity contribution in [3.05, 3.63) is 5.89 Å². The van der Waals surface area contributed by atoms with Crippen molar-refractivity contribution in [1.29, 1.82) is 0 Å². The second-order valence-corrected chi connectivity index (χ2v) is 5.06. The predicted molar refractivity (Wildman–Crippen MR) is 66.9 cm³/mol. The first kappa shape index (κ1) is 12.4. The lowest BCUT2D eigenvalue weighted by molar-refractivity contribution is 0.440. The Kier molecular flexibility index (Phi) is 3.99. The molecule has 1 fully saturated rings. The molecule has 17 heavy (non-hydrogen) atoms. The van der Waals surface area contributed by atoms with E-state index >= 15 is 0 Å². The molecule has 0 spiro atoms. The second-order valence-electron chi connectivity index (χ2n) is 5.06. The quantitative estimate of drug-likeness (QED) is 0.849. The lowest BCUT2D eigenvalue weighted by Crippen LogP contribution is -2.29. The molecular weight excluding hydrogens is 216 g/mol. The summed E-state index contributed by atoms with van der Waals surface area (Å²) in [4.78, 5) is 2.12. The van der Waals surface area contributed by atoms with Crippen LogP contribution in [0.25, 0.3) is 0 Å². The van der Waals surface area contributed by atoms with Gasteiger partial charge < -0.3 is 14.6 Å². The van der Waals surface area contributed by atoms with E-state index in [-0.39, 0.29) is 0 Å². The molecule has 1 aromatic heterocycles. The molecule has 96 valence electrons. The molecule has 0 aliphatic heterocycles. The summed E-state index contributed by atoms with van der Waals surface area (Å²) in [6.07, 6.45) is 5.09. The number of hydrogen-bond acceptors (Lipinski definition) is 5. The largest absolute Gasteiger partial charge is 0.407 e. The average Bonchev–Trinajstić information content (AvgIpc) is 2.97. The number of nitrogens with zero attached hydrogens (tertiary/aromatic N) is 3. The minimum atomic E-state index is 0.429. The zero-order valence-electron chi connectivity index (χ0n) is 10.9. The molecule has 2 rings (SSSR count). The van der Waals surface area contributed by atoms with Gasteiger partial charge in [-0.2, -0.15) is 0 Å². The standard InChI is InChI=1S/C12H22N4O/c1-9(2)13-8-11-14-15-12(17-11)16(3)10-6-4-5-7-10/h9-10,13H,4-8H2,1-3H3. The van der Waals surface area contributed by atoms with E-state index in [1.54, 1.807) is 0 Å². The van der Waals surface area contributed by atoms with Crippen LogP contribution in [0.4, 0.5) is 6.01 Å². The molecule has 0 saturated heterocycles. The summed E-state index contributed by atoms with van der Waals surface area (Å²) in [5.41, 5.74) is 0. The molecule has 5 nitrogen and oxygen atoms in total. The van der Waals surface area contributed by atoms with E-state index < -0.39 is 0 Å². The van der Waals surface area contributed by atoms with Crippen LogP contribution in [-0.2, 0) is 6.54 Å². The maximum absolute atomic E-state index is 5.65. The Hall–Kier alpha value is -1.10. The van der Waals surface area contributed by atoms with Crippen molar-refractivity contribution in [2.24, 2.45) is 0 Å². The third-order valence-corrected chi connectivity index (χ3v) is 3.29. The number of hydrogen-bond donors (Lipinski definition) is 1. The topological polar surface area (TPSA) is 54.2 Å². The zero-order chi connectivity index (χ0) is 12.3. The molecule has 1 aliphatic carbocycles. The normalized spacial score (nSPS) is 16.9. The Balaban J connectivity index is 1.92. The molecule has 0 unspecified atom stereocenters. The molecule has 1 saturated carbocycles. The van der Waals surface area contributed by atoms with Gasteiger partial charge in [0.05, 0.1) is 6.54 Å². The third-order valence-electron chi connectivity index (χ3n) is 3.29. The van der Waals surface area contributed by atoms with Crippen molar-refractivity contribution >= 4 is 6.01 Å². The van der Waals surface area contributed by atoms with Gasteiger partial charge in [0.2, 0.25) is 5.89 Å². The number of nitrogens with one attached hydrogen (secondary N) is 1. The SMILES string of the molecule is CC(C)NCc1nnc(N(C)C2CCCC2)o1. The van der Waals surface area contributed by atoms with Crippen molar-refractivity contribution in [2.45, 2.75) is 58.2 Å². The summed E-state index contributed by atoms with van der Waals surface area (Å²) >= 11 is 0. The zero-order valence-corrected chi connectivity index (χ0v) is 10.9. The number of aromatic nitrogens is 2. The second kappa shape index (κ2) is 5.49. The van der Waals surface area contributed by atoms with Gasteiger partial charge in [-0.25, -0.2) is 0 Å². The lowest BCUT2D eigenvalue weighted by atomic mass is 10.2. The van der Waals surface area contributed by atoms with Crippen LogP contribution in [0.1, 0.15) is 45.4 Å². The van der Waals surface area contributed by atoms with Crippen LogP contribution in [0.2, 0.25) is 0 Å². The molecule has 0 amide bonds. The van der Waals surface area contributed by atoms with E-state index in [0.717, 1.165) is 0 Å². The van der Waals surface area contributed by atoms with Gasteiger partial charge in [0.1, 0.15) is 0 Å². The van der Waals surface area contributed by atoms with Crippen LogP contribution in [0.15, 0.2) is 4.42 Å². The number of anilines is 1. The average molecular weight is 238 g/mol. The van der Waals surface area contributed by atoms with Gasteiger partial charge in [-0.1, -0.05) is 31.8 Å². The lowest BCUT2D eigenvalue weighted by Gasteiger charge is -2.21. The molecular formula is C12H22N4O. The van der Waals surface area contributed by atoms with Gasteiger partial charge in [-0.15, -0.1) is 5.10 Å². The summed E-state index contributed by atoms with van der Waals surface area (Å²) in [6.45, 7) is 4.84. The van der Waals surface area contributed by atoms with Crippen LogP contribution >= 0.6 is 0 Å². The van der Waals surface area contributed by atoms with Crippen molar-refractivity contribution in [2.75, 3.05) is 11.9 Å². The summed E-state index contributed by atoms with van der Waals surface area (Å²) in [5.74, 6) is 0.665. The van der Waals surface area contributed by atoms with Crippen molar-refractivity contribution in [3.63, 3.8) is 0 Å². The van der Waals surface area contributed by atoms with Crippen LogP contribution in [-0.4, -0.2) is 29.3 Å². The molecule has 1 aliphatic rings. The third kappa shape index (κ3) is 3.19. The van der Waals surface area contributed by atoms with Gasteiger partial charge >= 0.3 is 6.01 Å². The van der Waals surface area contributed by atoms with E-state index in [4.69, 9.17) is 4.42 Å². The maximum Gasteiger partial charge on any atom is 0.318 e. The maximum atomic E-state index is 5.65. The molecule has 1 N–H and O–H groups in total. The monoisotopic (exact) mass is 238 g/mol. The fourth-order valence-electron chi connectivity index (χ4n) is 2.20. The van der Waals surface area contributed by atoms with Gasteiger partial charge in [0, 0.05) is 19.1 Å². The van der Waals surface area contributed by atoms with Gasteiger partial charge in [-0.05, 0) is 12.8 Å². The van der Waals surface area contributed by atoms with Crippen molar-refractivity contribution in [3.8, 4) is 0 Å². The van der Waals surface area contributed by atoms with Crippen LogP contribution in [0.5, 0.6) is 0 Å². The highest BCUT2D eigenvalue weighted by Gasteiger charge is 2.23. The Bertz CT molecular complexity index is 344. The first-order valence-corrected chi connectivity index (χ1v) is 6.45. The van der Waals surface area contributed by atoms with Gasteiger partial charge in [0.25, 0.3) is 0 Å². The summed E-state index contributed by atoms with van der Waals surface area (Å²) < 4.78 is 5.65. The summed E-state index contributed by atoms with van der Waals surface area (Å²) in [7, 11) is 2.04. The minimum absolute atomic E-state index is 0.429. The van der Waals surface area contributed by atoms with E-state index in [1.807, 2.05) is 7.05 Å².